The van der Waals surface area contributed by atoms with Gasteiger partial charge in [0.25, 0.3) is 0 Å². The monoisotopic (exact) mass is 322 g/mol. The van der Waals surface area contributed by atoms with Gasteiger partial charge in [-0.1, -0.05) is 25.7 Å². The molecule has 23 heavy (non-hydrogen) atoms. The molecular weight excluding hydrogens is 288 g/mol. The lowest BCUT2D eigenvalue weighted by Crippen LogP contribution is -2.48. The topological polar surface area (TPSA) is 41.6 Å². The Morgan fingerprint density at radius 3 is 2.70 bits per heavy atom. The molecule has 0 bridgehead atoms. The van der Waals surface area contributed by atoms with Gasteiger partial charge < -0.3 is 15.0 Å². The molecule has 1 spiro atoms. The highest BCUT2D eigenvalue weighted by atomic mass is 16.5. The summed E-state index contributed by atoms with van der Waals surface area (Å²) in [6, 6.07) is 0.441. The number of piperidine rings is 1. The van der Waals surface area contributed by atoms with Crippen molar-refractivity contribution in [3.05, 3.63) is 0 Å². The van der Waals surface area contributed by atoms with Crippen molar-refractivity contribution in [3.63, 3.8) is 0 Å². The molecule has 2 atom stereocenters. The van der Waals surface area contributed by atoms with Crippen LogP contribution in [0, 0.1) is 5.41 Å². The van der Waals surface area contributed by atoms with Crippen LogP contribution in [0.1, 0.15) is 70.6 Å². The minimum absolute atomic E-state index is 0.256. The predicted molar refractivity (Wildman–Crippen MR) is 92.4 cm³/mol. The van der Waals surface area contributed by atoms with Crippen LogP contribution in [0.4, 0.5) is 0 Å². The first-order valence-electron chi connectivity index (χ1n) is 9.76. The molecule has 0 aromatic rings. The molecule has 3 aliphatic rings. The number of carbonyl (C=O) groups excluding carboxylic acids is 1. The largest absolute Gasteiger partial charge is 0.381 e. The van der Waals surface area contributed by atoms with E-state index in [9.17, 15) is 4.79 Å². The van der Waals surface area contributed by atoms with Gasteiger partial charge in [0.2, 0.25) is 5.91 Å². The van der Waals surface area contributed by atoms with Gasteiger partial charge in [0, 0.05) is 38.1 Å². The third-order valence-corrected chi connectivity index (χ3v) is 6.42. The first-order valence-corrected chi connectivity index (χ1v) is 9.76. The van der Waals surface area contributed by atoms with E-state index >= 15 is 0 Å². The summed E-state index contributed by atoms with van der Waals surface area (Å²) < 4.78 is 5.77. The Kier molecular flexibility index (Phi) is 5.97. The van der Waals surface area contributed by atoms with Crippen molar-refractivity contribution in [3.8, 4) is 0 Å². The van der Waals surface area contributed by atoms with Crippen molar-refractivity contribution in [1.29, 1.82) is 0 Å². The van der Waals surface area contributed by atoms with E-state index in [0.717, 1.165) is 19.6 Å². The van der Waals surface area contributed by atoms with Gasteiger partial charge in [0.1, 0.15) is 0 Å². The van der Waals surface area contributed by atoms with Crippen LogP contribution >= 0.6 is 0 Å². The van der Waals surface area contributed by atoms with Crippen molar-refractivity contribution < 1.29 is 9.53 Å². The van der Waals surface area contributed by atoms with Gasteiger partial charge in [-0.25, -0.2) is 0 Å². The number of ether oxygens (including phenoxy) is 1. The maximum atomic E-state index is 12.2. The summed E-state index contributed by atoms with van der Waals surface area (Å²) in [5.74, 6) is 0.256. The second-order valence-corrected chi connectivity index (χ2v) is 8.01. The van der Waals surface area contributed by atoms with Gasteiger partial charge >= 0.3 is 0 Å². The second kappa shape index (κ2) is 7.98. The number of amides is 1. The standard InChI is InChI=1S/C19H34N2O2/c1-23-17-9-5-11-19(17)12-6-13-21(15-19)14-10-18(22)20-16-7-3-2-4-8-16/h16-17H,2-15H2,1H3,(H,20,22)/t17-,19+/m1/s1. The lowest BCUT2D eigenvalue weighted by Gasteiger charge is -2.43. The van der Waals surface area contributed by atoms with E-state index in [2.05, 4.69) is 10.2 Å². The van der Waals surface area contributed by atoms with Gasteiger partial charge in [0.15, 0.2) is 0 Å². The summed E-state index contributed by atoms with van der Waals surface area (Å²) in [6.45, 7) is 3.19. The molecule has 0 unspecified atom stereocenters. The zero-order valence-electron chi connectivity index (χ0n) is 14.8. The summed E-state index contributed by atoms with van der Waals surface area (Å²) in [4.78, 5) is 14.7. The minimum Gasteiger partial charge on any atom is -0.381 e. The normalized spacial score (nSPS) is 33.2. The molecule has 1 N–H and O–H groups in total. The van der Waals surface area contributed by atoms with E-state index < -0.39 is 0 Å². The second-order valence-electron chi connectivity index (χ2n) is 8.01. The average Bonchev–Trinajstić information content (AvgIpc) is 2.96. The molecule has 1 saturated heterocycles. The Morgan fingerprint density at radius 2 is 1.91 bits per heavy atom. The van der Waals surface area contributed by atoms with Crippen LogP contribution in [0.3, 0.4) is 0 Å². The molecule has 1 aliphatic heterocycles. The van der Waals surface area contributed by atoms with E-state index in [1.807, 2.05) is 7.11 Å². The quantitative estimate of drug-likeness (QED) is 0.845. The zero-order chi connectivity index (χ0) is 16.1. The highest BCUT2D eigenvalue weighted by Crippen LogP contribution is 2.46. The van der Waals surface area contributed by atoms with Gasteiger partial charge in [-0.05, 0) is 45.1 Å². The maximum absolute atomic E-state index is 12.2. The van der Waals surface area contributed by atoms with Gasteiger partial charge in [-0.15, -0.1) is 0 Å². The molecule has 132 valence electrons. The third kappa shape index (κ3) is 4.27. The third-order valence-electron chi connectivity index (χ3n) is 6.42. The van der Waals surface area contributed by atoms with Crippen LogP contribution < -0.4 is 5.32 Å². The smallest absolute Gasteiger partial charge is 0.221 e. The van der Waals surface area contributed by atoms with Crippen LogP contribution in [0.15, 0.2) is 0 Å². The Hall–Kier alpha value is -0.610. The van der Waals surface area contributed by atoms with Crippen LogP contribution in [-0.4, -0.2) is 49.7 Å². The number of nitrogens with zero attached hydrogens (tertiary/aromatic N) is 1. The Morgan fingerprint density at radius 1 is 1.13 bits per heavy atom. The van der Waals surface area contributed by atoms with Crippen molar-refractivity contribution >= 4 is 5.91 Å². The van der Waals surface area contributed by atoms with Gasteiger partial charge in [-0.3, -0.25) is 4.79 Å². The predicted octanol–water partition coefficient (Wildman–Crippen LogP) is 3.11. The number of nitrogens with one attached hydrogen (secondary N) is 1. The molecule has 0 radical (unpaired) electrons. The fraction of sp³-hybridized carbons (Fsp3) is 0.947. The molecule has 1 heterocycles. The fourth-order valence-electron chi connectivity index (χ4n) is 5.20. The number of carbonyl (C=O) groups is 1. The van der Waals surface area contributed by atoms with Gasteiger partial charge in [-0.2, -0.15) is 0 Å². The first-order chi connectivity index (χ1) is 11.2. The summed E-state index contributed by atoms with van der Waals surface area (Å²) in [5, 5.41) is 3.25. The molecule has 0 aromatic carbocycles. The van der Waals surface area contributed by atoms with E-state index in [1.165, 1.54) is 64.2 Å². The van der Waals surface area contributed by atoms with Crippen molar-refractivity contribution in [2.45, 2.75) is 82.8 Å². The number of methoxy groups -OCH3 is 1. The molecule has 4 heteroatoms. The summed E-state index contributed by atoms with van der Waals surface area (Å²) in [6.07, 6.45) is 13.7. The highest BCUT2D eigenvalue weighted by molar-refractivity contribution is 5.76. The SMILES string of the molecule is CO[C@@H]1CCC[C@@]12CCCN(CCC(=O)NC1CCCCC1)C2. The fourth-order valence-corrected chi connectivity index (χ4v) is 5.20. The zero-order valence-corrected chi connectivity index (χ0v) is 14.8. The molecule has 1 amide bonds. The average molecular weight is 322 g/mol. The van der Waals surface area contributed by atoms with E-state index in [-0.39, 0.29) is 5.91 Å². The molecule has 3 rings (SSSR count). The summed E-state index contributed by atoms with van der Waals surface area (Å²) in [5.41, 5.74) is 0.368. The van der Waals surface area contributed by atoms with Crippen molar-refractivity contribution in [1.82, 2.24) is 10.2 Å². The summed E-state index contributed by atoms with van der Waals surface area (Å²) in [7, 11) is 1.87. The number of hydrogen-bond donors (Lipinski definition) is 1. The Balaban J connectivity index is 1.43. The molecular formula is C19H34N2O2. The van der Waals surface area contributed by atoms with E-state index in [0.29, 0.717) is 24.0 Å². The van der Waals surface area contributed by atoms with Gasteiger partial charge in [0.05, 0.1) is 6.10 Å². The number of rotatable bonds is 5. The van der Waals surface area contributed by atoms with E-state index in [4.69, 9.17) is 4.74 Å². The number of hydrogen-bond acceptors (Lipinski definition) is 3. The lowest BCUT2D eigenvalue weighted by molar-refractivity contribution is -0.122. The molecule has 2 saturated carbocycles. The Labute approximate surface area is 141 Å². The van der Waals surface area contributed by atoms with E-state index in [1.54, 1.807) is 0 Å². The summed E-state index contributed by atoms with van der Waals surface area (Å²) >= 11 is 0. The van der Waals surface area contributed by atoms with Crippen LogP contribution in [0.5, 0.6) is 0 Å². The van der Waals surface area contributed by atoms with Crippen LogP contribution in [0.2, 0.25) is 0 Å². The first kappa shape index (κ1) is 17.2. The molecule has 0 aromatic heterocycles. The maximum Gasteiger partial charge on any atom is 0.221 e. The minimum atomic E-state index is 0.256. The number of likely N-dealkylation sites (tertiary alicyclic amines) is 1. The highest BCUT2D eigenvalue weighted by Gasteiger charge is 2.45. The van der Waals surface area contributed by atoms with Crippen molar-refractivity contribution in [2.24, 2.45) is 5.41 Å². The molecule has 2 aliphatic carbocycles. The lowest BCUT2D eigenvalue weighted by atomic mass is 9.76. The Bertz CT molecular complexity index is 395. The molecule has 4 nitrogen and oxygen atoms in total. The molecule has 3 fully saturated rings. The van der Waals surface area contributed by atoms with Crippen LogP contribution in [0.25, 0.3) is 0 Å². The van der Waals surface area contributed by atoms with Crippen LogP contribution in [-0.2, 0) is 9.53 Å². The van der Waals surface area contributed by atoms with Crippen molar-refractivity contribution in [2.75, 3.05) is 26.7 Å².